The summed E-state index contributed by atoms with van der Waals surface area (Å²) in [5.74, 6) is -0.660. The number of sulfonamides is 1. The third-order valence-corrected chi connectivity index (χ3v) is 12.7. The topological polar surface area (TPSA) is 119 Å². The van der Waals surface area contributed by atoms with E-state index in [9.17, 15) is 26.8 Å². The number of amides is 1. The van der Waals surface area contributed by atoms with Crippen molar-refractivity contribution in [1.29, 1.82) is 0 Å². The average molecular weight is 786 g/mol. The van der Waals surface area contributed by atoms with Crippen LogP contribution in [0.25, 0.3) is 0 Å². The summed E-state index contributed by atoms with van der Waals surface area (Å²) in [6.07, 6.45) is 3.53. The van der Waals surface area contributed by atoms with Crippen LogP contribution in [0.1, 0.15) is 40.4 Å². The number of esters is 1. The molecule has 0 radical (unpaired) electrons. The second-order valence-electron chi connectivity index (χ2n) is 12.5. The maximum atomic E-state index is 14.0. The highest BCUT2D eigenvalue weighted by Crippen LogP contribution is 2.39. The van der Waals surface area contributed by atoms with Crippen LogP contribution in [0.4, 0.5) is 8.78 Å². The van der Waals surface area contributed by atoms with Crippen LogP contribution in [0, 0.1) is 5.92 Å². The molecular formula is C34H36Cl2F2N4O7S2. The first-order valence-electron chi connectivity index (χ1n) is 16.3. The van der Waals surface area contributed by atoms with E-state index < -0.39 is 34.1 Å². The number of halogens is 4. The molecule has 274 valence electrons. The highest BCUT2D eigenvalue weighted by Gasteiger charge is 2.42. The monoisotopic (exact) mass is 784 g/mol. The van der Waals surface area contributed by atoms with Gasteiger partial charge in [-0.1, -0.05) is 35.3 Å². The van der Waals surface area contributed by atoms with Crippen molar-refractivity contribution in [3.05, 3.63) is 81.6 Å². The SMILES string of the molecule is CN1CCN(C(=O)c2cccc(S(=O)(=O)N3CCSC3C(=O)OC(Cc3c(Cl)cncc3Cl)c3ccc(OC(F)F)c(OCC4CC4)c3)c2)CC1. The van der Waals surface area contributed by atoms with E-state index >= 15 is 0 Å². The first-order valence-corrected chi connectivity index (χ1v) is 19.6. The number of nitrogens with zero attached hydrogens (tertiary/aromatic N) is 4. The fourth-order valence-corrected chi connectivity index (χ4v) is 9.38. The summed E-state index contributed by atoms with van der Waals surface area (Å²) in [6.45, 7) is -0.312. The van der Waals surface area contributed by atoms with E-state index in [1.807, 2.05) is 7.05 Å². The van der Waals surface area contributed by atoms with Crippen molar-refractivity contribution in [2.24, 2.45) is 5.92 Å². The van der Waals surface area contributed by atoms with Gasteiger partial charge in [-0.3, -0.25) is 9.78 Å². The lowest BCUT2D eigenvalue weighted by molar-refractivity contribution is -0.150. The summed E-state index contributed by atoms with van der Waals surface area (Å²) in [6, 6.07) is 10.0. The van der Waals surface area contributed by atoms with Crippen molar-refractivity contribution in [3.8, 4) is 11.5 Å². The van der Waals surface area contributed by atoms with Gasteiger partial charge in [-0.15, -0.1) is 11.8 Å². The van der Waals surface area contributed by atoms with Crippen LogP contribution in [0.5, 0.6) is 11.5 Å². The Morgan fingerprint density at radius 1 is 1.00 bits per heavy atom. The van der Waals surface area contributed by atoms with Gasteiger partial charge in [0.15, 0.2) is 16.9 Å². The van der Waals surface area contributed by atoms with Gasteiger partial charge >= 0.3 is 12.6 Å². The Morgan fingerprint density at radius 2 is 1.73 bits per heavy atom. The predicted molar refractivity (Wildman–Crippen MR) is 188 cm³/mol. The van der Waals surface area contributed by atoms with Crippen molar-refractivity contribution in [2.45, 2.75) is 42.2 Å². The van der Waals surface area contributed by atoms with E-state index in [0.717, 1.165) is 28.9 Å². The van der Waals surface area contributed by atoms with Gasteiger partial charge in [0.2, 0.25) is 10.0 Å². The minimum atomic E-state index is -4.26. The Balaban J connectivity index is 1.26. The van der Waals surface area contributed by atoms with Crippen LogP contribution in [0.15, 0.2) is 59.8 Å². The lowest BCUT2D eigenvalue weighted by Gasteiger charge is -2.32. The maximum Gasteiger partial charge on any atom is 0.387 e. The minimum Gasteiger partial charge on any atom is -0.489 e. The lowest BCUT2D eigenvalue weighted by Crippen LogP contribution is -2.47. The molecule has 0 N–H and O–H groups in total. The summed E-state index contributed by atoms with van der Waals surface area (Å²) in [5, 5.41) is -0.849. The number of alkyl halides is 2. The number of hydrogen-bond donors (Lipinski definition) is 0. The number of hydrogen-bond acceptors (Lipinski definition) is 10. The van der Waals surface area contributed by atoms with Gasteiger partial charge in [0.1, 0.15) is 6.10 Å². The molecule has 17 heteroatoms. The van der Waals surface area contributed by atoms with Gasteiger partial charge in [0.05, 0.1) is 21.5 Å². The van der Waals surface area contributed by atoms with E-state index in [1.165, 1.54) is 48.8 Å². The standard InChI is InChI=1S/C34H36Cl2F2N4O7S2/c1-40-9-11-41(12-10-40)31(43)23-3-2-4-24(15-23)51(45,46)42-13-14-50-32(42)33(44)48-29(17-25-26(35)18-39-19-27(25)36)22-7-8-28(49-34(37)38)30(16-22)47-20-21-5-6-21/h2-4,7-8,15-16,18-19,21,29,32,34H,5-6,9-14,17,20H2,1H3. The van der Waals surface area contributed by atoms with E-state index in [2.05, 4.69) is 14.6 Å². The Labute approximate surface area is 309 Å². The van der Waals surface area contributed by atoms with E-state index in [4.69, 9.17) is 32.7 Å². The summed E-state index contributed by atoms with van der Waals surface area (Å²) in [5.41, 5.74) is 0.994. The largest absolute Gasteiger partial charge is 0.489 e. The molecule has 2 saturated heterocycles. The highest BCUT2D eigenvalue weighted by molar-refractivity contribution is 8.02. The zero-order valence-electron chi connectivity index (χ0n) is 27.6. The number of aromatic nitrogens is 1. The molecule has 51 heavy (non-hydrogen) atoms. The molecular weight excluding hydrogens is 749 g/mol. The van der Waals surface area contributed by atoms with Crippen molar-refractivity contribution >= 4 is 56.9 Å². The normalized spacial score (nSPS) is 19.3. The Bertz CT molecular complexity index is 1840. The van der Waals surface area contributed by atoms with Crippen LogP contribution in [-0.4, -0.2) is 103 Å². The second kappa shape index (κ2) is 16.2. The molecule has 2 atom stereocenters. The average Bonchev–Trinajstić information content (AvgIpc) is 3.80. The van der Waals surface area contributed by atoms with Crippen molar-refractivity contribution in [1.82, 2.24) is 19.1 Å². The lowest BCUT2D eigenvalue weighted by atomic mass is 10.0. The maximum absolute atomic E-state index is 14.0. The molecule has 2 aromatic carbocycles. The molecule has 0 spiro atoms. The second-order valence-corrected chi connectivity index (χ2v) is 16.4. The fourth-order valence-electron chi connectivity index (χ4n) is 5.77. The number of likely N-dealkylation sites (N-methyl/N-ethyl adjacent to an activating group) is 1. The number of carbonyl (C=O) groups is 2. The molecule has 3 heterocycles. The van der Waals surface area contributed by atoms with Gasteiger partial charge in [-0.05, 0) is 67.3 Å². The molecule has 3 fully saturated rings. The van der Waals surface area contributed by atoms with Gasteiger partial charge in [-0.2, -0.15) is 13.1 Å². The number of pyridine rings is 1. The molecule has 1 aliphatic carbocycles. The van der Waals surface area contributed by atoms with Gasteiger partial charge < -0.3 is 24.0 Å². The van der Waals surface area contributed by atoms with Crippen molar-refractivity contribution in [2.75, 3.05) is 52.1 Å². The molecule has 1 amide bonds. The molecule has 1 aromatic heterocycles. The Hall–Kier alpha value is -3.21. The minimum absolute atomic E-state index is 0.0227. The van der Waals surface area contributed by atoms with E-state index in [1.54, 1.807) is 11.0 Å². The summed E-state index contributed by atoms with van der Waals surface area (Å²) in [7, 11) is -2.29. The number of piperazine rings is 1. The van der Waals surface area contributed by atoms with Crippen molar-refractivity contribution in [3.63, 3.8) is 0 Å². The zero-order valence-corrected chi connectivity index (χ0v) is 30.7. The van der Waals surface area contributed by atoms with Gasteiger partial charge in [0, 0.05) is 62.9 Å². The zero-order chi connectivity index (χ0) is 36.3. The third-order valence-electron chi connectivity index (χ3n) is 8.86. The number of carbonyl (C=O) groups excluding carboxylic acids is 2. The Morgan fingerprint density at radius 3 is 2.41 bits per heavy atom. The summed E-state index contributed by atoms with van der Waals surface area (Å²) >= 11 is 14.0. The summed E-state index contributed by atoms with van der Waals surface area (Å²) in [4.78, 5) is 34.9. The number of ether oxygens (including phenoxy) is 3. The van der Waals surface area contributed by atoms with E-state index in [-0.39, 0.29) is 50.9 Å². The third kappa shape index (κ3) is 9.06. The Kier molecular flexibility index (Phi) is 11.9. The number of benzene rings is 2. The van der Waals surface area contributed by atoms with Crippen LogP contribution in [0.2, 0.25) is 10.0 Å². The predicted octanol–water partition coefficient (Wildman–Crippen LogP) is 5.76. The van der Waals surface area contributed by atoms with Gasteiger partial charge in [-0.25, -0.2) is 13.2 Å². The van der Waals surface area contributed by atoms with Crippen LogP contribution in [0.3, 0.4) is 0 Å². The molecule has 2 aliphatic heterocycles. The molecule has 2 unspecified atom stereocenters. The molecule has 3 aliphatic rings. The van der Waals surface area contributed by atoms with Crippen LogP contribution in [-0.2, 0) is 26.0 Å². The summed E-state index contributed by atoms with van der Waals surface area (Å²) < 4.78 is 72.2. The number of rotatable bonds is 13. The first kappa shape index (κ1) is 37.5. The number of thioether (sulfide) groups is 1. The van der Waals surface area contributed by atoms with E-state index in [0.29, 0.717) is 55.6 Å². The molecule has 6 rings (SSSR count). The van der Waals surface area contributed by atoms with Crippen LogP contribution >= 0.6 is 35.0 Å². The molecule has 1 saturated carbocycles. The molecule has 3 aromatic rings. The smallest absolute Gasteiger partial charge is 0.387 e. The highest BCUT2D eigenvalue weighted by atomic mass is 35.5. The molecule has 0 bridgehead atoms. The fraction of sp³-hybridized carbons (Fsp3) is 0.441. The first-order chi connectivity index (χ1) is 24.4. The van der Waals surface area contributed by atoms with Crippen LogP contribution < -0.4 is 9.47 Å². The van der Waals surface area contributed by atoms with Gasteiger partial charge in [0.25, 0.3) is 5.91 Å². The van der Waals surface area contributed by atoms with Crippen molar-refractivity contribution < 1.29 is 41.0 Å². The molecule has 11 nitrogen and oxygen atoms in total. The quantitative estimate of drug-likeness (QED) is 0.198.